The molecule has 3 nitrogen and oxygen atoms in total. The highest BCUT2D eigenvalue weighted by Gasteiger charge is 2.24. The number of anilines is 1. The number of carbonyl (C=O) groups is 1. The van der Waals surface area contributed by atoms with E-state index in [1.165, 1.54) is 16.7 Å². The Bertz CT molecular complexity index is 412. The number of hydrogen-bond donors (Lipinski definition) is 2. The molecule has 0 bridgehead atoms. The molecule has 3 heteroatoms. The van der Waals surface area contributed by atoms with Gasteiger partial charge in [-0.3, -0.25) is 0 Å². The number of aryl methyl sites for hydroxylation is 2. The van der Waals surface area contributed by atoms with Gasteiger partial charge in [-0.25, -0.2) is 4.79 Å². The second-order valence-corrected chi connectivity index (χ2v) is 4.18. The molecular weight excluding hydrogens is 190 g/mol. The summed E-state index contributed by atoms with van der Waals surface area (Å²) in [7, 11) is 0. The predicted molar refractivity (Wildman–Crippen MR) is 59.3 cm³/mol. The number of carboxylic acids is 1. The molecule has 1 aliphatic heterocycles. The maximum atomic E-state index is 10.9. The fourth-order valence-corrected chi connectivity index (χ4v) is 2.19. The van der Waals surface area contributed by atoms with E-state index in [0.717, 1.165) is 12.1 Å². The van der Waals surface area contributed by atoms with Gasteiger partial charge in [0.25, 0.3) is 0 Å². The molecule has 0 saturated heterocycles. The van der Waals surface area contributed by atoms with Gasteiger partial charge in [0, 0.05) is 5.69 Å². The van der Waals surface area contributed by atoms with Crippen molar-refractivity contribution in [1.82, 2.24) is 0 Å². The number of benzene rings is 1. The van der Waals surface area contributed by atoms with E-state index in [9.17, 15) is 4.79 Å². The van der Waals surface area contributed by atoms with E-state index in [-0.39, 0.29) is 0 Å². The monoisotopic (exact) mass is 205 g/mol. The van der Waals surface area contributed by atoms with Gasteiger partial charge in [-0.2, -0.15) is 0 Å². The maximum absolute atomic E-state index is 10.9. The van der Waals surface area contributed by atoms with Crippen LogP contribution in [-0.4, -0.2) is 17.1 Å². The molecule has 0 aromatic heterocycles. The highest BCUT2D eigenvalue weighted by Crippen LogP contribution is 2.28. The summed E-state index contributed by atoms with van der Waals surface area (Å²) in [5, 5.41) is 12.0. The number of nitrogens with one attached hydrogen (secondary N) is 1. The molecule has 1 aromatic carbocycles. The van der Waals surface area contributed by atoms with Gasteiger partial charge in [0.05, 0.1) is 0 Å². The van der Waals surface area contributed by atoms with Crippen LogP contribution in [0.3, 0.4) is 0 Å². The van der Waals surface area contributed by atoms with Gasteiger partial charge in [-0.1, -0.05) is 6.07 Å². The lowest BCUT2D eigenvalue weighted by Crippen LogP contribution is -2.33. The average Bonchev–Trinajstić information content (AvgIpc) is 2.16. The van der Waals surface area contributed by atoms with E-state index in [4.69, 9.17) is 5.11 Å². The molecule has 80 valence electrons. The van der Waals surface area contributed by atoms with Gasteiger partial charge < -0.3 is 10.4 Å². The Kier molecular flexibility index (Phi) is 2.39. The van der Waals surface area contributed by atoms with E-state index in [1.807, 2.05) is 13.0 Å². The second kappa shape index (κ2) is 3.57. The van der Waals surface area contributed by atoms with E-state index < -0.39 is 12.0 Å². The summed E-state index contributed by atoms with van der Waals surface area (Å²) in [5.74, 6) is -0.764. The standard InChI is InChI=1S/C12H15NO2/c1-7-5-8(2)9-3-4-10(12(14)15)13-11(9)6-7/h5-6,10,13H,3-4H2,1-2H3,(H,14,15). The molecule has 1 aliphatic rings. The minimum Gasteiger partial charge on any atom is -0.480 e. The van der Waals surface area contributed by atoms with Crippen molar-refractivity contribution in [2.24, 2.45) is 0 Å². The first-order valence-electron chi connectivity index (χ1n) is 5.17. The molecule has 0 saturated carbocycles. The van der Waals surface area contributed by atoms with Crippen LogP contribution in [-0.2, 0) is 11.2 Å². The Balaban J connectivity index is 2.37. The fourth-order valence-electron chi connectivity index (χ4n) is 2.19. The van der Waals surface area contributed by atoms with Crippen molar-refractivity contribution in [2.45, 2.75) is 32.7 Å². The Labute approximate surface area is 89.1 Å². The summed E-state index contributed by atoms with van der Waals surface area (Å²) in [4.78, 5) is 10.9. The highest BCUT2D eigenvalue weighted by molar-refractivity contribution is 5.79. The quantitative estimate of drug-likeness (QED) is 0.738. The van der Waals surface area contributed by atoms with Crippen LogP contribution in [0, 0.1) is 13.8 Å². The molecule has 2 rings (SSSR count). The third-order valence-corrected chi connectivity index (χ3v) is 2.93. The molecule has 1 atom stereocenters. The van der Waals surface area contributed by atoms with Crippen LogP contribution < -0.4 is 5.32 Å². The van der Waals surface area contributed by atoms with Crippen LogP contribution in [0.25, 0.3) is 0 Å². The lowest BCUT2D eigenvalue weighted by atomic mass is 9.93. The van der Waals surface area contributed by atoms with Gasteiger partial charge in [0.1, 0.15) is 6.04 Å². The van der Waals surface area contributed by atoms with Gasteiger partial charge in [0.15, 0.2) is 0 Å². The molecule has 0 fully saturated rings. The van der Waals surface area contributed by atoms with Crippen LogP contribution >= 0.6 is 0 Å². The minimum atomic E-state index is -0.764. The summed E-state index contributed by atoms with van der Waals surface area (Å²) in [6.07, 6.45) is 1.53. The van der Waals surface area contributed by atoms with E-state index >= 15 is 0 Å². The van der Waals surface area contributed by atoms with Crippen molar-refractivity contribution < 1.29 is 9.90 Å². The summed E-state index contributed by atoms with van der Waals surface area (Å²) >= 11 is 0. The molecule has 1 unspecified atom stereocenters. The first-order valence-corrected chi connectivity index (χ1v) is 5.17. The molecular formula is C12H15NO2. The van der Waals surface area contributed by atoms with Crippen molar-refractivity contribution in [3.05, 3.63) is 28.8 Å². The SMILES string of the molecule is Cc1cc(C)c2c(c1)NC(C(=O)O)CC2. The van der Waals surface area contributed by atoms with Crippen LogP contribution in [0.5, 0.6) is 0 Å². The fraction of sp³-hybridized carbons (Fsp3) is 0.417. The third kappa shape index (κ3) is 1.82. The van der Waals surface area contributed by atoms with Crippen molar-refractivity contribution in [2.75, 3.05) is 5.32 Å². The zero-order chi connectivity index (χ0) is 11.0. The summed E-state index contributed by atoms with van der Waals surface area (Å²) in [5.41, 5.74) is 4.68. The average molecular weight is 205 g/mol. The summed E-state index contributed by atoms with van der Waals surface area (Å²) in [6, 6.07) is 3.73. The van der Waals surface area contributed by atoms with E-state index in [1.54, 1.807) is 0 Å². The molecule has 0 aliphatic carbocycles. The van der Waals surface area contributed by atoms with Gasteiger partial charge in [-0.05, 0) is 49.4 Å². The maximum Gasteiger partial charge on any atom is 0.326 e. The number of aliphatic carboxylic acids is 1. The molecule has 1 heterocycles. The Morgan fingerprint density at radius 2 is 2.20 bits per heavy atom. The zero-order valence-corrected chi connectivity index (χ0v) is 9.00. The van der Waals surface area contributed by atoms with Crippen LogP contribution in [0.15, 0.2) is 12.1 Å². The predicted octanol–water partition coefficient (Wildman–Crippen LogP) is 2.11. The molecule has 1 aromatic rings. The number of carboxylic acid groups (broad SMARTS) is 1. The molecule has 0 spiro atoms. The first kappa shape index (κ1) is 10.0. The highest BCUT2D eigenvalue weighted by atomic mass is 16.4. The van der Waals surface area contributed by atoms with Crippen molar-refractivity contribution in [3.63, 3.8) is 0 Å². The van der Waals surface area contributed by atoms with Crippen LogP contribution in [0.4, 0.5) is 5.69 Å². The molecule has 0 radical (unpaired) electrons. The number of fused-ring (bicyclic) bond motifs is 1. The molecule has 15 heavy (non-hydrogen) atoms. The minimum absolute atomic E-state index is 0.432. The van der Waals surface area contributed by atoms with Gasteiger partial charge in [-0.15, -0.1) is 0 Å². The topological polar surface area (TPSA) is 49.3 Å². The van der Waals surface area contributed by atoms with E-state index in [2.05, 4.69) is 18.3 Å². The summed E-state index contributed by atoms with van der Waals surface area (Å²) < 4.78 is 0. The largest absolute Gasteiger partial charge is 0.480 e. The van der Waals surface area contributed by atoms with E-state index in [0.29, 0.717) is 6.42 Å². The van der Waals surface area contributed by atoms with Gasteiger partial charge >= 0.3 is 5.97 Å². The number of hydrogen-bond acceptors (Lipinski definition) is 2. The van der Waals surface area contributed by atoms with Crippen molar-refractivity contribution in [1.29, 1.82) is 0 Å². The number of rotatable bonds is 1. The van der Waals surface area contributed by atoms with Crippen LogP contribution in [0.2, 0.25) is 0 Å². The molecule has 2 N–H and O–H groups in total. The lowest BCUT2D eigenvalue weighted by Gasteiger charge is -2.25. The normalized spacial score (nSPS) is 19.2. The smallest absolute Gasteiger partial charge is 0.326 e. The third-order valence-electron chi connectivity index (χ3n) is 2.93. The first-order chi connectivity index (χ1) is 7.08. The molecule has 0 amide bonds. The zero-order valence-electron chi connectivity index (χ0n) is 9.00. The van der Waals surface area contributed by atoms with Crippen molar-refractivity contribution >= 4 is 11.7 Å². The van der Waals surface area contributed by atoms with Gasteiger partial charge in [0.2, 0.25) is 0 Å². The van der Waals surface area contributed by atoms with Crippen LogP contribution in [0.1, 0.15) is 23.1 Å². The summed E-state index contributed by atoms with van der Waals surface area (Å²) in [6.45, 7) is 4.11. The Hall–Kier alpha value is -1.51. The lowest BCUT2D eigenvalue weighted by molar-refractivity contribution is -0.138. The van der Waals surface area contributed by atoms with Crippen molar-refractivity contribution in [3.8, 4) is 0 Å². The Morgan fingerprint density at radius 3 is 2.87 bits per heavy atom. The Morgan fingerprint density at radius 1 is 1.47 bits per heavy atom. The second-order valence-electron chi connectivity index (χ2n) is 4.18.